The molecule has 0 unspecified atom stereocenters. The molecular formula is C18H23ClN2O2S. The summed E-state index contributed by atoms with van der Waals surface area (Å²) in [6.07, 6.45) is 0. The number of nitrogens with two attached hydrogens (primary N) is 1. The van der Waals surface area contributed by atoms with Crippen LogP contribution in [0.15, 0.2) is 53.4 Å². The Kier molecular flexibility index (Phi) is 6.27. The van der Waals surface area contributed by atoms with E-state index in [1.165, 1.54) is 12.1 Å². The Morgan fingerprint density at radius 1 is 1.00 bits per heavy atom. The summed E-state index contributed by atoms with van der Waals surface area (Å²) in [6, 6.07) is 13.8. The van der Waals surface area contributed by atoms with E-state index in [1.54, 1.807) is 12.1 Å². The summed E-state index contributed by atoms with van der Waals surface area (Å²) < 4.78 is 25.7. The van der Waals surface area contributed by atoms with Crippen LogP contribution in [0.4, 0.5) is 5.69 Å². The van der Waals surface area contributed by atoms with Crippen LogP contribution in [0.3, 0.4) is 0 Å². The number of rotatable bonds is 7. The number of benzene rings is 2. The van der Waals surface area contributed by atoms with E-state index in [0.717, 1.165) is 18.8 Å². The third-order valence-electron chi connectivity index (χ3n) is 4.12. The first-order valence-electron chi connectivity index (χ1n) is 7.98. The second-order valence-corrected chi connectivity index (χ2v) is 8.05. The monoisotopic (exact) mass is 366 g/mol. The molecule has 0 bridgehead atoms. The molecule has 0 aliphatic carbocycles. The van der Waals surface area contributed by atoms with E-state index in [0.29, 0.717) is 10.6 Å². The van der Waals surface area contributed by atoms with Crippen molar-refractivity contribution < 1.29 is 8.42 Å². The van der Waals surface area contributed by atoms with Crippen molar-refractivity contribution >= 4 is 27.1 Å². The lowest BCUT2D eigenvalue weighted by atomic mass is 10.1. The van der Waals surface area contributed by atoms with Crippen molar-refractivity contribution in [1.82, 2.24) is 0 Å². The number of sulfone groups is 1. The summed E-state index contributed by atoms with van der Waals surface area (Å²) in [5.41, 5.74) is 7.56. The highest BCUT2D eigenvalue weighted by atomic mass is 35.5. The van der Waals surface area contributed by atoms with Crippen LogP contribution < -0.4 is 10.6 Å². The van der Waals surface area contributed by atoms with Gasteiger partial charge in [0, 0.05) is 30.3 Å². The quantitative estimate of drug-likeness (QED) is 0.812. The molecule has 0 saturated carbocycles. The Bertz CT molecular complexity index is 755. The predicted molar refractivity (Wildman–Crippen MR) is 100 cm³/mol. The first kappa shape index (κ1) is 18.8. The van der Waals surface area contributed by atoms with Crippen LogP contribution in [0.5, 0.6) is 0 Å². The minimum atomic E-state index is -3.56. The van der Waals surface area contributed by atoms with Gasteiger partial charge in [0.15, 0.2) is 9.84 Å². The summed E-state index contributed by atoms with van der Waals surface area (Å²) in [5.74, 6) is 0. The molecule has 0 aliphatic rings. The average Bonchev–Trinajstić information content (AvgIpc) is 2.58. The molecule has 0 amide bonds. The second kappa shape index (κ2) is 8.01. The molecule has 0 heterocycles. The molecule has 0 spiro atoms. The summed E-state index contributed by atoms with van der Waals surface area (Å²) in [6.45, 7) is 6.00. The van der Waals surface area contributed by atoms with Gasteiger partial charge < -0.3 is 10.6 Å². The first-order chi connectivity index (χ1) is 11.4. The van der Waals surface area contributed by atoms with E-state index < -0.39 is 15.1 Å². The molecule has 0 aliphatic heterocycles. The van der Waals surface area contributed by atoms with Crippen molar-refractivity contribution in [2.24, 2.45) is 5.73 Å². The summed E-state index contributed by atoms with van der Waals surface area (Å²) in [4.78, 5) is 2.43. The van der Waals surface area contributed by atoms with E-state index in [9.17, 15) is 8.42 Å². The SMILES string of the molecule is CCN(CC)c1ccc([C@@H](CN)S(=O)(=O)c2ccc(Cl)cc2)cc1. The van der Waals surface area contributed by atoms with E-state index >= 15 is 0 Å². The summed E-state index contributed by atoms with van der Waals surface area (Å²) >= 11 is 5.84. The van der Waals surface area contributed by atoms with Gasteiger partial charge in [0.1, 0.15) is 5.25 Å². The average molecular weight is 367 g/mol. The Labute approximate surface area is 149 Å². The number of hydrogen-bond donors (Lipinski definition) is 1. The van der Waals surface area contributed by atoms with Crippen LogP contribution in [0.2, 0.25) is 5.02 Å². The fourth-order valence-corrected chi connectivity index (χ4v) is 4.46. The van der Waals surface area contributed by atoms with Gasteiger partial charge in [0.25, 0.3) is 0 Å². The molecule has 24 heavy (non-hydrogen) atoms. The normalized spacial score (nSPS) is 12.8. The van der Waals surface area contributed by atoms with Crippen molar-refractivity contribution in [2.75, 3.05) is 24.5 Å². The van der Waals surface area contributed by atoms with Gasteiger partial charge in [-0.2, -0.15) is 0 Å². The smallest absolute Gasteiger partial charge is 0.186 e. The van der Waals surface area contributed by atoms with Gasteiger partial charge in [0.2, 0.25) is 0 Å². The molecule has 130 valence electrons. The maximum absolute atomic E-state index is 12.9. The van der Waals surface area contributed by atoms with Crippen molar-refractivity contribution in [3.63, 3.8) is 0 Å². The number of anilines is 1. The molecule has 2 aromatic rings. The first-order valence-corrected chi connectivity index (χ1v) is 9.90. The molecule has 0 fully saturated rings. The van der Waals surface area contributed by atoms with Crippen LogP contribution in [-0.2, 0) is 9.84 Å². The third-order valence-corrected chi connectivity index (χ3v) is 6.52. The maximum atomic E-state index is 12.9. The van der Waals surface area contributed by atoms with Gasteiger partial charge in [-0.3, -0.25) is 0 Å². The topological polar surface area (TPSA) is 63.4 Å². The highest BCUT2D eigenvalue weighted by Crippen LogP contribution is 2.30. The summed E-state index contributed by atoms with van der Waals surface area (Å²) in [7, 11) is -3.56. The standard InChI is InChI=1S/C18H23ClN2O2S/c1-3-21(4-2)16-9-5-14(6-10-16)18(13-20)24(22,23)17-11-7-15(19)8-12-17/h5-12,18H,3-4,13,20H2,1-2H3/t18-/m1/s1. The van der Waals surface area contributed by atoms with Gasteiger partial charge in [-0.15, -0.1) is 0 Å². The fraction of sp³-hybridized carbons (Fsp3) is 0.333. The molecule has 1 atom stereocenters. The van der Waals surface area contributed by atoms with Crippen molar-refractivity contribution in [1.29, 1.82) is 0 Å². The predicted octanol–water partition coefficient (Wildman–Crippen LogP) is 3.66. The molecule has 0 radical (unpaired) electrons. The highest BCUT2D eigenvalue weighted by molar-refractivity contribution is 7.91. The van der Waals surface area contributed by atoms with E-state index in [4.69, 9.17) is 17.3 Å². The van der Waals surface area contributed by atoms with Crippen LogP contribution in [-0.4, -0.2) is 28.1 Å². The Hall–Kier alpha value is -1.56. The number of halogens is 1. The van der Waals surface area contributed by atoms with E-state index in [2.05, 4.69) is 18.7 Å². The zero-order valence-corrected chi connectivity index (χ0v) is 15.5. The molecule has 0 saturated heterocycles. The minimum absolute atomic E-state index is 0.0234. The van der Waals surface area contributed by atoms with E-state index in [-0.39, 0.29) is 11.4 Å². The molecule has 2 aromatic carbocycles. The van der Waals surface area contributed by atoms with Gasteiger partial charge in [0.05, 0.1) is 4.90 Å². The summed E-state index contributed by atoms with van der Waals surface area (Å²) in [5, 5.41) is -0.272. The van der Waals surface area contributed by atoms with Gasteiger partial charge >= 0.3 is 0 Å². The van der Waals surface area contributed by atoms with Crippen LogP contribution in [0.25, 0.3) is 0 Å². The zero-order valence-electron chi connectivity index (χ0n) is 13.9. The van der Waals surface area contributed by atoms with Crippen molar-refractivity contribution in [3.8, 4) is 0 Å². The lowest BCUT2D eigenvalue weighted by Gasteiger charge is -2.22. The Morgan fingerprint density at radius 2 is 1.54 bits per heavy atom. The minimum Gasteiger partial charge on any atom is -0.372 e. The highest BCUT2D eigenvalue weighted by Gasteiger charge is 2.28. The molecule has 4 nitrogen and oxygen atoms in total. The largest absolute Gasteiger partial charge is 0.372 e. The molecule has 2 rings (SSSR count). The molecule has 0 aromatic heterocycles. The maximum Gasteiger partial charge on any atom is 0.186 e. The Morgan fingerprint density at radius 3 is 2.00 bits per heavy atom. The Balaban J connectivity index is 2.35. The van der Waals surface area contributed by atoms with Crippen molar-refractivity contribution in [2.45, 2.75) is 24.0 Å². The van der Waals surface area contributed by atoms with E-state index in [1.807, 2.05) is 24.3 Å². The third kappa shape index (κ3) is 3.91. The molecular weight excluding hydrogens is 344 g/mol. The molecule has 6 heteroatoms. The lowest BCUT2D eigenvalue weighted by molar-refractivity contribution is 0.582. The van der Waals surface area contributed by atoms with Crippen LogP contribution >= 0.6 is 11.6 Å². The zero-order chi connectivity index (χ0) is 17.7. The van der Waals surface area contributed by atoms with Crippen molar-refractivity contribution in [3.05, 3.63) is 59.1 Å². The second-order valence-electron chi connectivity index (χ2n) is 5.49. The van der Waals surface area contributed by atoms with Crippen LogP contribution in [0, 0.1) is 0 Å². The number of hydrogen-bond acceptors (Lipinski definition) is 4. The fourth-order valence-electron chi connectivity index (χ4n) is 2.72. The van der Waals surface area contributed by atoms with Crippen LogP contribution in [0.1, 0.15) is 24.7 Å². The van der Waals surface area contributed by atoms with Gasteiger partial charge in [-0.1, -0.05) is 23.7 Å². The molecule has 2 N–H and O–H groups in total. The van der Waals surface area contributed by atoms with Gasteiger partial charge in [-0.25, -0.2) is 8.42 Å². The number of nitrogens with zero attached hydrogens (tertiary/aromatic N) is 1. The van der Waals surface area contributed by atoms with Gasteiger partial charge in [-0.05, 0) is 55.8 Å². The lowest BCUT2D eigenvalue weighted by Crippen LogP contribution is -2.23.